The van der Waals surface area contributed by atoms with E-state index >= 15 is 0 Å². The Morgan fingerprint density at radius 2 is 2.14 bits per heavy atom. The predicted octanol–water partition coefficient (Wildman–Crippen LogP) is 2.79. The second-order valence-electron chi connectivity index (χ2n) is 4.25. The largest absolute Gasteiger partial charge is 0.359 e. The lowest BCUT2D eigenvalue weighted by Crippen LogP contribution is -2.28. The minimum Gasteiger partial charge on any atom is -0.359 e. The Labute approximate surface area is 118 Å². The van der Waals surface area contributed by atoms with Crippen LogP contribution in [0.2, 0.25) is 0 Å². The molecule has 21 heavy (non-hydrogen) atoms. The summed E-state index contributed by atoms with van der Waals surface area (Å²) in [6.45, 7) is 3.53. The van der Waals surface area contributed by atoms with Crippen molar-refractivity contribution < 1.29 is 22.6 Å². The van der Waals surface area contributed by atoms with E-state index in [9.17, 15) is 13.6 Å². The van der Waals surface area contributed by atoms with Gasteiger partial charge in [0.1, 0.15) is 17.1 Å². The van der Waals surface area contributed by atoms with Gasteiger partial charge in [0.15, 0.2) is 5.76 Å². The molecule has 0 unspecified atom stereocenters. The lowest BCUT2D eigenvalue weighted by atomic mass is 10.2. The van der Waals surface area contributed by atoms with Crippen LogP contribution in [-0.4, -0.2) is 16.3 Å². The lowest BCUT2D eigenvalue weighted by Gasteiger charge is -2.05. The van der Waals surface area contributed by atoms with E-state index in [1.54, 1.807) is 6.92 Å². The standard InChI is InChI=1S/C12H14F2N4O3/c1-3-8-10(6(2)17-20-8)16-12(19)15-5-7-4-9(11(13)14)21-18-7/h4,11H,3,5H2,1-2H3,(H2,15,16,19). The topological polar surface area (TPSA) is 93.2 Å². The fourth-order valence-electron chi connectivity index (χ4n) is 1.66. The highest BCUT2D eigenvalue weighted by Crippen LogP contribution is 2.21. The van der Waals surface area contributed by atoms with Crippen LogP contribution in [0.3, 0.4) is 0 Å². The number of hydrogen-bond acceptors (Lipinski definition) is 5. The van der Waals surface area contributed by atoms with Crippen molar-refractivity contribution in [3.05, 3.63) is 29.0 Å². The molecule has 2 aromatic heterocycles. The van der Waals surface area contributed by atoms with E-state index in [2.05, 4.69) is 25.5 Å². The van der Waals surface area contributed by atoms with E-state index in [-0.39, 0.29) is 12.2 Å². The molecular weight excluding hydrogens is 286 g/mol. The van der Waals surface area contributed by atoms with Crippen LogP contribution in [-0.2, 0) is 13.0 Å². The van der Waals surface area contributed by atoms with Gasteiger partial charge in [-0.05, 0) is 6.92 Å². The number of alkyl halides is 2. The van der Waals surface area contributed by atoms with Gasteiger partial charge in [-0.1, -0.05) is 17.2 Å². The Morgan fingerprint density at radius 1 is 1.38 bits per heavy atom. The number of aromatic nitrogens is 2. The molecule has 0 aliphatic rings. The molecule has 2 heterocycles. The Balaban J connectivity index is 1.91. The Bertz CT molecular complexity index is 624. The Kier molecular flexibility index (Phi) is 4.51. The zero-order valence-electron chi connectivity index (χ0n) is 11.4. The number of halogens is 2. The average Bonchev–Trinajstić information content (AvgIpc) is 3.05. The van der Waals surface area contributed by atoms with Gasteiger partial charge in [0.05, 0.1) is 6.54 Å². The van der Waals surface area contributed by atoms with Crippen LogP contribution in [0.15, 0.2) is 15.1 Å². The van der Waals surface area contributed by atoms with E-state index in [1.165, 1.54) is 0 Å². The number of nitrogens with zero attached hydrogens (tertiary/aromatic N) is 2. The van der Waals surface area contributed by atoms with Crippen molar-refractivity contribution in [2.24, 2.45) is 0 Å². The zero-order chi connectivity index (χ0) is 15.4. The number of amides is 2. The minimum absolute atomic E-state index is 0.0339. The first-order valence-electron chi connectivity index (χ1n) is 6.24. The summed E-state index contributed by atoms with van der Waals surface area (Å²) in [5.41, 5.74) is 1.27. The number of carbonyl (C=O) groups is 1. The van der Waals surface area contributed by atoms with Crippen molar-refractivity contribution in [3.63, 3.8) is 0 Å². The Morgan fingerprint density at radius 3 is 2.76 bits per heavy atom. The maximum absolute atomic E-state index is 12.3. The van der Waals surface area contributed by atoms with Gasteiger partial charge in [-0.25, -0.2) is 13.6 Å². The number of urea groups is 1. The molecule has 0 spiro atoms. The fourth-order valence-corrected chi connectivity index (χ4v) is 1.66. The maximum Gasteiger partial charge on any atom is 0.319 e. The monoisotopic (exact) mass is 300 g/mol. The molecule has 2 amide bonds. The number of anilines is 1. The first-order valence-corrected chi connectivity index (χ1v) is 6.24. The van der Waals surface area contributed by atoms with Gasteiger partial charge in [-0.2, -0.15) is 0 Å². The summed E-state index contributed by atoms with van der Waals surface area (Å²) >= 11 is 0. The van der Waals surface area contributed by atoms with E-state index in [0.29, 0.717) is 23.6 Å². The van der Waals surface area contributed by atoms with E-state index in [4.69, 9.17) is 4.52 Å². The molecule has 0 radical (unpaired) electrons. The van der Waals surface area contributed by atoms with Gasteiger partial charge in [0, 0.05) is 12.5 Å². The first-order chi connectivity index (χ1) is 10.0. The summed E-state index contributed by atoms with van der Waals surface area (Å²) in [5.74, 6) is 0.0272. The van der Waals surface area contributed by atoms with Gasteiger partial charge >= 0.3 is 6.03 Å². The number of hydrogen-bond donors (Lipinski definition) is 2. The molecule has 2 N–H and O–H groups in total. The molecule has 114 valence electrons. The second kappa shape index (κ2) is 6.33. The summed E-state index contributed by atoms with van der Waals surface area (Å²) in [6, 6.07) is 0.574. The predicted molar refractivity (Wildman–Crippen MR) is 67.9 cm³/mol. The molecule has 0 fully saturated rings. The third-order valence-electron chi connectivity index (χ3n) is 2.72. The molecule has 0 atom stereocenters. The molecule has 9 heteroatoms. The quantitative estimate of drug-likeness (QED) is 0.885. The molecule has 0 aliphatic heterocycles. The lowest BCUT2D eigenvalue weighted by molar-refractivity contribution is 0.112. The van der Waals surface area contributed by atoms with Gasteiger partial charge in [-0.3, -0.25) is 0 Å². The van der Waals surface area contributed by atoms with Crippen LogP contribution in [0.25, 0.3) is 0 Å². The van der Waals surface area contributed by atoms with Crippen molar-refractivity contribution in [2.45, 2.75) is 33.2 Å². The molecule has 0 saturated carbocycles. The fraction of sp³-hybridized carbons (Fsp3) is 0.417. The molecule has 0 saturated heterocycles. The number of rotatable bonds is 5. The van der Waals surface area contributed by atoms with Crippen LogP contribution in [0, 0.1) is 6.92 Å². The van der Waals surface area contributed by atoms with Crippen LogP contribution in [0.4, 0.5) is 19.3 Å². The molecule has 0 bridgehead atoms. The van der Waals surface area contributed by atoms with Crippen molar-refractivity contribution in [2.75, 3.05) is 5.32 Å². The number of carbonyl (C=O) groups excluding carboxylic acids is 1. The highest BCUT2D eigenvalue weighted by Gasteiger charge is 2.16. The summed E-state index contributed by atoms with van der Waals surface area (Å²) in [5, 5.41) is 12.3. The van der Waals surface area contributed by atoms with Crippen molar-refractivity contribution >= 4 is 11.7 Å². The highest BCUT2D eigenvalue weighted by molar-refractivity contribution is 5.90. The van der Waals surface area contributed by atoms with Gasteiger partial charge in [0.25, 0.3) is 6.43 Å². The summed E-state index contributed by atoms with van der Waals surface area (Å²) in [6.07, 6.45) is -2.15. The van der Waals surface area contributed by atoms with Gasteiger partial charge < -0.3 is 19.7 Å². The average molecular weight is 300 g/mol. The van der Waals surface area contributed by atoms with Crippen LogP contribution >= 0.6 is 0 Å². The first kappa shape index (κ1) is 14.9. The SMILES string of the molecule is CCc1onc(C)c1NC(=O)NCc1cc(C(F)F)on1. The van der Waals surface area contributed by atoms with E-state index < -0.39 is 18.2 Å². The Hall–Kier alpha value is -2.45. The summed E-state index contributed by atoms with van der Waals surface area (Å²) in [7, 11) is 0. The molecule has 2 rings (SSSR count). The number of nitrogens with one attached hydrogen (secondary N) is 2. The molecule has 0 aromatic carbocycles. The maximum atomic E-state index is 12.3. The van der Waals surface area contributed by atoms with E-state index in [0.717, 1.165) is 6.07 Å². The molecular formula is C12H14F2N4O3. The second-order valence-corrected chi connectivity index (χ2v) is 4.25. The van der Waals surface area contributed by atoms with Crippen molar-refractivity contribution in [1.82, 2.24) is 15.6 Å². The summed E-state index contributed by atoms with van der Waals surface area (Å²) in [4.78, 5) is 11.7. The minimum atomic E-state index is -2.73. The van der Waals surface area contributed by atoms with Crippen LogP contribution < -0.4 is 10.6 Å². The smallest absolute Gasteiger partial charge is 0.319 e. The van der Waals surface area contributed by atoms with Gasteiger partial charge in [-0.15, -0.1) is 0 Å². The molecule has 2 aromatic rings. The highest BCUT2D eigenvalue weighted by atomic mass is 19.3. The van der Waals surface area contributed by atoms with Gasteiger partial charge in [0.2, 0.25) is 5.76 Å². The van der Waals surface area contributed by atoms with Crippen molar-refractivity contribution in [1.29, 1.82) is 0 Å². The summed E-state index contributed by atoms with van der Waals surface area (Å²) < 4.78 is 34.1. The molecule has 0 aliphatic carbocycles. The third-order valence-corrected chi connectivity index (χ3v) is 2.72. The zero-order valence-corrected chi connectivity index (χ0v) is 11.4. The molecule has 7 nitrogen and oxygen atoms in total. The number of aryl methyl sites for hydroxylation is 2. The normalized spacial score (nSPS) is 10.9. The third kappa shape index (κ3) is 3.56. The van der Waals surface area contributed by atoms with Crippen LogP contribution in [0.5, 0.6) is 0 Å². The van der Waals surface area contributed by atoms with E-state index in [1.807, 2.05) is 6.92 Å². The van der Waals surface area contributed by atoms with Crippen molar-refractivity contribution in [3.8, 4) is 0 Å². The van der Waals surface area contributed by atoms with Crippen LogP contribution in [0.1, 0.15) is 36.3 Å².